The fraction of sp³-hybridized carbons (Fsp3) is 0.640. The van der Waals surface area contributed by atoms with Gasteiger partial charge in [0.05, 0.1) is 6.10 Å². The van der Waals surface area contributed by atoms with Crippen molar-refractivity contribution in [2.24, 2.45) is 17.7 Å². The molecular weight excluding hydrogens is 444 g/mol. The van der Waals surface area contributed by atoms with E-state index in [9.17, 15) is 5.11 Å². The predicted octanol–water partition coefficient (Wildman–Crippen LogP) is 3.69. The maximum atomic E-state index is 9.28. The number of hydrogen-bond acceptors (Lipinski definition) is 9. The Kier molecular flexibility index (Phi) is 8.59. The van der Waals surface area contributed by atoms with Gasteiger partial charge in [-0.15, -0.1) is 0 Å². The summed E-state index contributed by atoms with van der Waals surface area (Å²) >= 11 is 0. The van der Waals surface area contributed by atoms with Crippen LogP contribution in [0.25, 0.3) is 0 Å². The summed E-state index contributed by atoms with van der Waals surface area (Å²) in [5.41, 5.74) is 2.26. The summed E-state index contributed by atoms with van der Waals surface area (Å²) in [7, 11) is 0. The molecule has 10 heteroatoms. The molecule has 1 atom stereocenters. The second kappa shape index (κ2) is 11.8. The number of aromatic amines is 1. The first kappa shape index (κ1) is 25.4. The fourth-order valence-electron chi connectivity index (χ4n) is 4.41. The third-order valence-corrected chi connectivity index (χ3v) is 7.05. The van der Waals surface area contributed by atoms with E-state index in [-0.39, 0.29) is 12.7 Å². The highest BCUT2D eigenvalue weighted by molar-refractivity contribution is 5.60. The maximum Gasteiger partial charge on any atom is 0.226 e. The van der Waals surface area contributed by atoms with Crippen LogP contribution < -0.4 is 21.4 Å². The number of H-pyrrole nitrogens is 1. The minimum atomic E-state index is -0.227. The van der Waals surface area contributed by atoms with Crippen LogP contribution in [0.4, 0.5) is 23.4 Å². The molecule has 35 heavy (non-hydrogen) atoms. The highest BCUT2D eigenvalue weighted by atomic mass is 16.6. The molecule has 0 aromatic carbocycles. The Labute approximate surface area is 207 Å². The normalized spacial score (nSPS) is 17.6. The summed E-state index contributed by atoms with van der Waals surface area (Å²) in [5, 5.41) is 23.5. The summed E-state index contributed by atoms with van der Waals surface area (Å²) < 4.78 is 0. The second-order valence-corrected chi connectivity index (χ2v) is 10.1. The van der Waals surface area contributed by atoms with Crippen molar-refractivity contribution in [1.29, 1.82) is 0 Å². The van der Waals surface area contributed by atoms with Gasteiger partial charge in [-0.3, -0.25) is 9.94 Å². The molecule has 2 fully saturated rings. The third-order valence-electron chi connectivity index (χ3n) is 7.05. The van der Waals surface area contributed by atoms with Crippen molar-refractivity contribution in [3.05, 3.63) is 30.0 Å². The molecule has 2 aromatic rings. The average molecular weight is 485 g/mol. The first-order valence-electron chi connectivity index (χ1n) is 12.8. The van der Waals surface area contributed by atoms with Crippen molar-refractivity contribution in [1.82, 2.24) is 20.2 Å². The van der Waals surface area contributed by atoms with Gasteiger partial charge in [0.2, 0.25) is 5.95 Å². The SMILES string of the molecule is C=C(CC(CNc1nc(Nc2cc(C3CC3)[nH]n2)cc(N2CCC(CCO)CC2)n1)ON)C(C)C. The third kappa shape index (κ3) is 7.16. The summed E-state index contributed by atoms with van der Waals surface area (Å²) in [5.74, 6) is 9.90. The van der Waals surface area contributed by atoms with Crippen LogP contribution >= 0.6 is 0 Å². The van der Waals surface area contributed by atoms with E-state index in [1.165, 1.54) is 18.5 Å². The lowest BCUT2D eigenvalue weighted by Crippen LogP contribution is -2.35. The predicted molar refractivity (Wildman–Crippen MR) is 139 cm³/mol. The van der Waals surface area contributed by atoms with E-state index in [0.29, 0.717) is 42.5 Å². The van der Waals surface area contributed by atoms with E-state index in [4.69, 9.17) is 20.7 Å². The number of aliphatic hydroxyl groups is 1. The Morgan fingerprint density at radius 3 is 2.66 bits per heavy atom. The zero-order chi connectivity index (χ0) is 24.8. The van der Waals surface area contributed by atoms with Gasteiger partial charge in [-0.2, -0.15) is 15.1 Å². The Morgan fingerprint density at radius 2 is 2.00 bits per heavy atom. The highest BCUT2D eigenvalue weighted by Gasteiger charge is 2.26. The minimum absolute atomic E-state index is 0.227. The Bertz CT molecular complexity index is 966. The van der Waals surface area contributed by atoms with Gasteiger partial charge < -0.3 is 20.6 Å². The number of aromatic nitrogens is 4. The van der Waals surface area contributed by atoms with Gasteiger partial charge in [0.1, 0.15) is 11.6 Å². The number of aliphatic hydroxyl groups excluding tert-OH is 1. The van der Waals surface area contributed by atoms with Crippen LogP contribution in [0.1, 0.15) is 64.0 Å². The number of nitrogens with one attached hydrogen (secondary N) is 3. The smallest absolute Gasteiger partial charge is 0.226 e. The first-order chi connectivity index (χ1) is 16.9. The first-order valence-corrected chi connectivity index (χ1v) is 12.8. The van der Waals surface area contributed by atoms with Crippen LogP contribution in [0.5, 0.6) is 0 Å². The van der Waals surface area contributed by atoms with Crippen molar-refractivity contribution in [2.45, 2.75) is 64.4 Å². The van der Waals surface area contributed by atoms with Crippen LogP contribution in [0.2, 0.25) is 0 Å². The molecule has 1 saturated carbocycles. The number of nitrogens with two attached hydrogens (primary N) is 1. The van der Waals surface area contributed by atoms with Crippen molar-refractivity contribution in [3.8, 4) is 0 Å². The topological polar surface area (TPSA) is 137 Å². The molecule has 192 valence electrons. The van der Waals surface area contributed by atoms with Crippen LogP contribution in [-0.2, 0) is 4.84 Å². The average Bonchev–Trinajstić information content (AvgIpc) is 3.61. The van der Waals surface area contributed by atoms with Gasteiger partial charge in [-0.25, -0.2) is 5.90 Å². The summed E-state index contributed by atoms with van der Waals surface area (Å²) in [6.45, 7) is 10.9. The molecule has 6 N–H and O–H groups in total. The summed E-state index contributed by atoms with van der Waals surface area (Å²) in [6, 6.07) is 4.03. The van der Waals surface area contributed by atoms with E-state index in [2.05, 4.69) is 52.2 Å². The monoisotopic (exact) mass is 484 g/mol. The lowest BCUT2D eigenvalue weighted by atomic mass is 9.94. The number of anilines is 4. The van der Waals surface area contributed by atoms with Crippen molar-refractivity contribution < 1.29 is 9.94 Å². The number of piperidine rings is 1. The number of nitrogens with zero attached hydrogens (tertiary/aromatic N) is 4. The van der Waals surface area contributed by atoms with Crippen LogP contribution in [0.15, 0.2) is 24.3 Å². The Hall–Kier alpha value is -2.69. The summed E-state index contributed by atoms with van der Waals surface area (Å²) in [4.78, 5) is 17.0. The molecule has 0 amide bonds. The van der Waals surface area contributed by atoms with E-state index in [0.717, 1.165) is 49.6 Å². The molecule has 1 saturated heterocycles. The molecule has 0 bridgehead atoms. The standard InChI is InChI=1S/C25H40N8O2/c1-16(2)17(3)12-20(35-26)15-27-25-29-22(28-23-13-21(31-32-23)19-4-5-19)14-24(30-25)33-9-6-18(7-10-33)8-11-34/h13-14,16,18-20,34H,3-12,15,26H2,1-2H3,(H3,27,28,29,30,31,32). The maximum absolute atomic E-state index is 9.28. The molecule has 2 aliphatic rings. The van der Waals surface area contributed by atoms with E-state index in [1.54, 1.807) is 0 Å². The molecule has 1 aliphatic heterocycles. The van der Waals surface area contributed by atoms with Gasteiger partial charge in [-0.1, -0.05) is 26.0 Å². The molecule has 10 nitrogen and oxygen atoms in total. The van der Waals surface area contributed by atoms with Crippen LogP contribution in [-0.4, -0.2) is 57.6 Å². The summed E-state index contributed by atoms with van der Waals surface area (Å²) in [6.07, 6.45) is 5.82. The second-order valence-electron chi connectivity index (χ2n) is 10.1. The van der Waals surface area contributed by atoms with E-state index in [1.807, 2.05) is 6.07 Å². The number of hydrogen-bond donors (Lipinski definition) is 5. The van der Waals surface area contributed by atoms with Crippen molar-refractivity contribution >= 4 is 23.4 Å². The Balaban J connectivity index is 1.48. The van der Waals surface area contributed by atoms with Gasteiger partial charge >= 0.3 is 0 Å². The van der Waals surface area contributed by atoms with Gasteiger partial charge in [0, 0.05) is 50.0 Å². The zero-order valence-electron chi connectivity index (χ0n) is 21.0. The molecule has 0 radical (unpaired) electrons. The zero-order valence-corrected chi connectivity index (χ0v) is 21.0. The van der Waals surface area contributed by atoms with E-state index >= 15 is 0 Å². The van der Waals surface area contributed by atoms with Gasteiger partial charge in [0.15, 0.2) is 5.82 Å². The fourth-order valence-corrected chi connectivity index (χ4v) is 4.41. The molecule has 1 unspecified atom stereocenters. The molecule has 3 heterocycles. The quantitative estimate of drug-likeness (QED) is 0.213. The molecule has 2 aromatic heterocycles. The van der Waals surface area contributed by atoms with Gasteiger partial charge in [-0.05, 0) is 50.4 Å². The van der Waals surface area contributed by atoms with Crippen molar-refractivity contribution in [3.63, 3.8) is 0 Å². The van der Waals surface area contributed by atoms with Gasteiger partial charge in [0.25, 0.3) is 0 Å². The lowest BCUT2D eigenvalue weighted by molar-refractivity contribution is 0.0614. The van der Waals surface area contributed by atoms with Crippen LogP contribution in [0, 0.1) is 11.8 Å². The molecule has 1 aliphatic carbocycles. The highest BCUT2D eigenvalue weighted by Crippen LogP contribution is 2.39. The van der Waals surface area contributed by atoms with E-state index < -0.39 is 0 Å². The largest absolute Gasteiger partial charge is 0.396 e. The number of rotatable bonds is 13. The molecular formula is C25H40N8O2. The molecule has 0 spiro atoms. The molecule has 4 rings (SSSR count). The Morgan fingerprint density at radius 1 is 1.23 bits per heavy atom. The lowest BCUT2D eigenvalue weighted by Gasteiger charge is -2.33. The van der Waals surface area contributed by atoms with Crippen LogP contribution in [0.3, 0.4) is 0 Å². The minimum Gasteiger partial charge on any atom is -0.396 e. The van der Waals surface area contributed by atoms with Crippen molar-refractivity contribution in [2.75, 3.05) is 41.8 Å².